The Balaban J connectivity index is 3.83. The summed E-state index contributed by atoms with van der Waals surface area (Å²) in [6.07, 6.45) is 2.84. The summed E-state index contributed by atoms with van der Waals surface area (Å²) in [5, 5.41) is 3.17. The number of ether oxygens (including phenoxy) is 1. The number of carbonyl (C=O) groups is 1. The van der Waals surface area contributed by atoms with Gasteiger partial charge in [-0.05, 0) is 46.3 Å². The molecule has 0 aliphatic rings. The van der Waals surface area contributed by atoms with E-state index in [1.165, 1.54) is 0 Å². The average Bonchev–Trinajstić information content (AvgIpc) is 2.32. The average molecular weight is 259 g/mol. The van der Waals surface area contributed by atoms with E-state index in [4.69, 9.17) is 10.5 Å². The van der Waals surface area contributed by atoms with Crippen LogP contribution in [-0.4, -0.2) is 56.7 Å². The van der Waals surface area contributed by atoms with Crippen molar-refractivity contribution in [3.05, 3.63) is 0 Å². The summed E-state index contributed by atoms with van der Waals surface area (Å²) in [6.45, 7) is 7.34. The summed E-state index contributed by atoms with van der Waals surface area (Å²) in [5.74, 6) is -0.267. The van der Waals surface area contributed by atoms with Crippen LogP contribution in [0.15, 0.2) is 0 Å². The Morgan fingerprint density at radius 2 is 2.06 bits per heavy atom. The normalized spacial score (nSPS) is 14.7. The molecule has 0 aromatic rings. The molecule has 1 unspecified atom stereocenters. The van der Waals surface area contributed by atoms with E-state index in [9.17, 15) is 4.79 Å². The van der Waals surface area contributed by atoms with Crippen molar-refractivity contribution < 1.29 is 9.53 Å². The van der Waals surface area contributed by atoms with Gasteiger partial charge in [0.2, 0.25) is 5.91 Å². The molecule has 0 aromatic carbocycles. The first kappa shape index (κ1) is 17.4. The number of primary amides is 1. The van der Waals surface area contributed by atoms with Gasteiger partial charge < -0.3 is 20.7 Å². The summed E-state index contributed by atoms with van der Waals surface area (Å²) < 4.78 is 5.02. The van der Waals surface area contributed by atoms with E-state index in [1.54, 1.807) is 7.11 Å². The number of amides is 1. The Bertz CT molecular complexity index is 236. The second-order valence-corrected chi connectivity index (χ2v) is 4.98. The highest BCUT2D eigenvalue weighted by Crippen LogP contribution is 2.13. The van der Waals surface area contributed by atoms with Crippen LogP contribution in [-0.2, 0) is 9.53 Å². The lowest BCUT2D eigenvalue weighted by atomic mass is 9.94. The van der Waals surface area contributed by atoms with E-state index in [2.05, 4.69) is 17.3 Å². The maximum Gasteiger partial charge on any atom is 0.237 e. The second kappa shape index (κ2) is 9.30. The molecule has 3 N–H and O–H groups in total. The van der Waals surface area contributed by atoms with E-state index < -0.39 is 5.54 Å². The minimum absolute atomic E-state index is 0.267. The van der Waals surface area contributed by atoms with Gasteiger partial charge in [0, 0.05) is 13.7 Å². The quantitative estimate of drug-likeness (QED) is 0.533. The molecule has 1 amide bonds. The zero-order valence-corrected chi connectivity index (χ0v) is 12.3. The van der Waals surface area contributed by atoms with Gasteiger partial charge >= 0.3 is 0 Å². The number of nitrogens with one attached hydrogen (secondary N) is 1. The molecule has 0 bridgehead atoms. The van der Waals surface area contributed by atoms with Crippen molar-refractivity contribution in [2.75, 3.05) is 40.4 Å². The number of unbranched alkanes of at least 4 members (excludes halogenated alkanes) is 1. The van der Waals surface area contributed by atoms with E-state index in [0.29, 0.717) is 0 Å². The molecule has 0 saturated heterocycles. The van der Waals surface area contributed by atoms with Gasteiger partial charge in [-0.1, -0.05) is 6.92 Å². The smallest absolute Gasteiger partial charge is 0.237 e. The third-order valence-electron chi connectivity index (χ3n) is 3.25. The molecule has 0 spiro atoms. The lowest BCUT2D eigenvalue weighted by Crippen LogP contribution is -2.53. The minimum atomic E-state index is -0.570. The first-order valence-corrected chi connectivity index (χ1v) is 6.68. The summed E-state index contributed by atoms with van der Waals surface area (Å²) in [4.78, 5) is 13.6. The second-order valence-electron chi connectivity index (χ2n) is 4.98. The SMILES string of the molecule is CCNC(C)(CCCCN(C)CCOC)C(N)=O. The molecule has 0 aliphatic carbocycles. The molecule has 0 fully saturated rings. The third kappa shape index (κ3) is 6.93. The maximum atomic E-state index is 11.4. The highest BCUT2D eigenvalue weighted by molar-refractivity contribution is 5.84. The maximum absolute atomic E-state index is 11.4. The Morgan fingerprint density at radius 1 is 1.39 bits per heavy atom. The van der Waals surface area contributed by atoms with Crippen molar-refractivity contribution in [3.8, 4) is 0 Å². The van der Waals surface area contributed by atoms with Gasteiger partial charge in [0.15, 0.2) is 0 Å². The molecule has 0 aliphatic heterocycles. The molecule has 108 valence electrons. The van der Waals surface area contributed by atoms with Crippen molar-refractivity contribution in [2.45, 2.75) is 38.6 Å². The van der Waals surface area contributed by atoms with Gasteiger partial charge in [-0.2, -0.15) is 0 Å². The van der Waals surface area contributed by atoms with E-state index in [-0.39, 0.29) is 5.91 Å². The molecule has 0 saturated carbocycles. The number of carbonyl (C=O) groups excluding carboxylic acids is 1. The van der Waals surface area contributed by atoms with Crippen LogP contribution >= 0.6 is 0 Å². The van der Waals surface area contributed by atoms with Crippen molar-refractivity contribution in [2.24, 2.45) is 5.73 Å². The van der Waals surface area contributed by atoms with Gasteiger partial charge in [-0.25, -0.2) is 0 Å². The molecule has 0 heterocycles. The van der Waals surface area contributed by atoms with Crippen LogP contribution in [0.2, 0.25) is 0 Å². The number of likely N-dealkylation sites (N-methyl/N-ethyl adjacent to an activating group) is 2. The van der Waals surface area contributed by atoms with Gasteiger partial charge in [-0.3, -0.25) is 4.79 Å². The van der Waals surface area contributed by atoms with Crippen LogP contribution in [0.4, 0.5) is 0 Å². The first-order valence-electron chi connectivity index (χ1n) is 6.68. The van der Waals surface area contributed by atoms with E-state index >= 15 is 0 Å². The molecule has 5 nitrogen and oxygen atoms in total. The molecule has 1 atom stereocenters. The lowest BCUT2D eigenvalue weighted by Gasteiger charge is -2.27. The fourth-order valence-electron chi connectivity index (χ4n) is 1.91. The van der Waals surface area contributed by atoms with E-state index in [1.807, 2.05) is 13.8 Å². The number of nitrogens with zero attached hydrogens (tertiary/aromatic N) is 1. The zero-order chi connectivity index (χ0) is 14.0. The van der Waals surface area contributed by atoms with Crippen LogP contribution < -0.4 is 11.1 Å². The number of hydrogen-bond donors (Lipinski definition) is 2. The Hall–Kier alpha value is -0.650. The zero-order valence-electron chi connectivity index (χ0n) is 12.3. The highest BCUT2D eigenvalue weighted by Gasteiger charge is 2.28. The van der Waals surface area contributed by atoms with Crippen molar-refractivity contribution in [1.82, 2.24) is 10.2 Å². The van der Waals surface area contributed by atoms with Crippen LogP contribution in [0.3, 0.4) is 0 Å². The van der Waals surface area contributed by atoms with Crippen LogP contribution in [0.25, 0.3) is 0 Å². The Morgan fingerprint density at radius 3 is 2.56 bits per heavy atom. The van der Waals surface area contributed by atoms with Crippen molar-refractivity contribution >= 4 is 5.91 Å². The fraction of sp³-hybridized carbons (Fsp3) is 0.923. The molecule has 0 aromatic heterocycles. The van der Waals surface area contributed by atoms with Crippen molar-refractivity contribution in [1.29, 1.82) is 0 Å². The number of nitrogens with two attached hydrogens (primary N) is 1. The van der Waals surface area contributed by atoms with Gasteiger partial charge in [0.1, 0.15) is 0 Å². The molecule has 18 heavy (non-hydrogen) atoms. The minimum Gasteiger partial charge on any atom is -0.383 e. The third-order valence-corrected chi connectivity index (χ3v) is 3.25. The predicted molar refractivity (Wildman–Crippen MR) is 74.5 cm³/mol. The summed E-state index contributed by atoms with van der Waals surface area (Å²) in [7, 11) is 3.79. The summed E-state index contributed by atoms with van der Waals surface area (Å²) in [6, 6.07) is 0. The first-order chi connectivity index (χ1) is 8.46. The molecule has 0 rings (SSSR count). The van der Waals surface area contributed by atoms with Crippen LogP contribution in [0.5, 0.6) is 0 Å². The van der Waals surface area contributed by atoms with Gasteiger partial charge in [-0.15, -0.1) is 0 Å². The number of hydrogen-bond acceptors (Lipinski definition) is 4. The number of methoxy groups -OCH3 is 1. The fourth-order valence-corrected chi connectivity index (χ4v) is 1.91. The van der Waals surface area contributed by atoms with Crippen LogP contribution in [0, 0.1) is 0 Å². The molecular formula is C13H29N3O2. The standard InChI is InChI=1S/C13H29N3O2/c1-5-15-13(2,12(14)17)8-6-7-9-16(3)10-11-18-4/h15H,5-11H2,1-4H3,(H2,14,17). The van der Waals surface area contributed by atoms with Crippen LogP contribution in [0.1, 0.15) is 33.1 Å². The lowest BCUT2D eigenvalue weighted by molar-refractivity contribution is -0.124. The largest absolute Gasteiger partial charge is 0.383 e. The summed E-state index contributed by atoms with van der Waals surface area (Å²) in [5.41, 5.74) is 4.87. The summed E-state index contributed by atoms with van der Waals surface area (Å²) >= 11 is 0. The van der Waals surface area contributed by atoms with E-state index in [0.717, 1.165) is 45.5 Å². The monoisotopic (exact) mass is 259 g/mol. The Labute approximate surface area is 111 Å². The highest BCUT2D eigenvalue weighted by atomic mass is 16.5. The topological polar surface area (TPSA) is 67.6 Å². The molecule has 5 heteroatoms. The Kier molecular flexibility index (Phi) is 8.97. The predicted octanol–water partition coefficient (Wildman–Crippen LogP) is 0.588. The molecular weight excluding hydrogens is 230 g/mol. The van der Waals surface area contributed by atoms with Gasteiger partial charge in [0.25, 0.3) is 0 Å². The number of rotatable bonds is 11. The molecule has 0 radical (unpaired) electrons. The van der Waals surface area contributed by atoms with Crippen molar-refractivity contribution in [3.63, 3.8) is 0 Å². The van der Waals surface area contributed by atoms with Gasteiger partial charge in [0.05, 0.1) is 12.1 Å².